The van der Waals surface area contributed by atoms with Crippen molar-refractivity contribution in [1.29, 1.82) is 0 Å². The monoisotopic (exact) mass is 528 g/mol. The molecule has 200 valence electrons. The third-order valence-corrected chi connectivity index (χ3v) is 7.80. The molecule has 12 heteroatoms. The number of benzene rings is 1. The molecule has 1 spiro atoms. The van der Waals surface area contributed by atoms with Crippen LogP contribution in [-0.4, -0.2) is 67.2 Å². The summed E-state index contributed by atoms with van der Waals surface area (Å²) in [4.78, 5) is 21.7. The first-order chi connectivity index (χ1) is 17.3. The number of pyridine rings is 1. The predicted octanol–water partition coefficient (Wildman–Crippen LogP) is 5.25. The van der Waals surface area contributed by atoms with E-state index in [-0.39, 0.29) is 29.2 Å². The van der Waals surface area contributed by atoms with E-state index in [9.17, 15) is 31.1 Å². The molecule has 1 aromatic carbocycles. The Labute approximate surface area is 209 Å². The van der Waals surface area contributed by atoms with Crippen LogP contribution in [0.5, 0.6) is 5.75 Å². The minimum absolute atomic E-state index is 0.0116. The molecule has 0 unspecified atom stereocenters. The van der Waals surface area contributed by atoms with Gasteiger partial charge in [0.2, 0.25) is 0 Å². The van der Waals surface area contributed by atoms with Gasteiger partial charge in [-0.25, -0.2) is 4.79 Å². The van der Waals surface area contributed by atoms with Crippen LogP contribution >= 0.6 is 0 Å². The van der Waals surface area contributed by atoms with Crippen molar-refractivity contribution in [2.24, 2.45) is 5.41 Å². The summed E-state index contributed by atoms with van der Waals surface area (Å²) in [6.07, 6.45) is -6.01. The first kappa shape index (κ1) is 25.5. The molecule has 0 radical (unpaired) electrons. The van der Waals surface area contributed by atoms with Crippen LogP contribution in [0, 0.1) is 5.41 Å². The van der Waals surface area contributed by atoms with E-state index in [1.807, 2.05) is 4.90 Å². The minimum Gasteiger partial charge on any atom is -0.495 e. The number of carbonyl (C=O) groups excluding carboxylic acids is 1. The van der Waals surface area contributed by atoms with Gasteiger partial charge in [0.05, 0.1) is 24.4 Å². The van der Waals surface area contributed by atoms with Gasteiger partial charge in [-0.05, 0) is 48.6 Å². The average molecular weight is 528 g/mol. The average Bonchev–Trinajstić information content (AvgIpc) is 2.74. The number of nitrogens with zero attached hydrogens (tertiary/aromatic N) is 4. The van der Waals surface area contributed by atoms with E-state index in [0.29, 0.717) is 31.9 Å². The number of likely N-dealkylation sites (tertiary alicyclic amines) is 2. The third-order valence-electron chi connectivity index (χ3n) is 7.80. The third kappa shape index (κ3) is 4.66. The van der Waals surface area contributed by atoms with Crippen LogP contribution in [0.15, 0.2) is 36.5 Å². The smallest absolute Gasteiger partial charge is 0.433 e. The van der Waals surface area contributed by atoms with Gasteiger partial charge >= 0.3 is 18.4 Å². The van der Waals surface area contributed by atoms with Gasteiger partial charge in [-0.15, -0.1) is 0 Å². The second-order valence-corrected chi connectivity index (χ2v) is 10.3. The Balaban J connectivity index is 1.10. The van der Waals surface area contributed by atoms with Crippen molar-refractivity contribution in [2.75, 3.05) is 45.2 Å². The van der Waals surface area contributed by atoms with Crippen molar-refractivity contribution in [3.05, 3.63) is 53.3 Å². The zero-order valence-corrected chi connectivity index (χ0v) is 20.2. The molecule has 3 fully saturated rings. The Bertz CT molecular complexity index is 1160. The fourth-order valence-electron chi connectivity index (χ4n) is 5.59. The van der Waals surface area contributed by atoms with Crippen molar-refractivity contribution >= 4 is 11.7 Å². The van der Waals surface area contributed by atoms with Crippen molar-refractivity contribution in [1.82, 2.24) is 14.8 Å². The Morgan fingerprint density at radius 1 is 1.03 bits per heavy atom. The van der Waals surface area contributed by atoms with E-state index in [4.69, 9.17) is 4.74 Å². The maximum absolute atomic E-state index is 13.0. The van der Waals surface area contributed by atoms with E-state index < -0.39 is 23.6 Å². The van der Waals surface area contributed by atoms with Crippen molar-refractivity contribution in [3.8, 4) is 5.75 Å². The highest BCUT2D eigenvalue weighted by Crippen LogP contribution is 2.56. The summed E-state index contributed by atoms with van der Waals surface area (Å²) in [5.74, 6) is 0.266. The molecule has 6 nitrogen and oxygen atoms in total. The fourth-order valence-corrected chi connectivity index (χ4v) is 5.59. The number of amides is 2. The maximum Gasteiger partial charge on any atom is 0.433 e. The number of hydrogen-bond donors (Lipinski definition) is 0. The Morgan fingerprint density at radius 3 is 2.24 bits per heavy atom. The first-order valence-electron chi connectivity index (χ1n) is 11.8. The molecule has 1 saturated carbocycles. The van der Waals surface area contributed by atoms with Crippen LogP contribution in [0.3, 0.4) is 0 Å². The van der Waals surface area contributed by atoms with E-state index in [0.717, 1.165) is 36.6 Å². The van der Waals surface area contributed by atoms with Gasteiger partial charge in [0.1, 0.15) is 11.4 Å². The number of methoxy groups -OCH3 is 1. The number of halogens is 6. The number of alkyl halides is 6. The zero-order chi connectivity index (χ0) is 26.8. The van der Waals surface area contributed by atoms with Gasteiger partial charge in [0, 0.05) is 44.8 Å². The molecule has 0 atom stereocenters. The molecule has 3 aliphatic rings. The molecule has 2 aliphatic heterocycles. The number of hydrogen-bond acceptors (Lipinski definition) is 4. The van der Waals surface area contributed by atoms with Crippen LogP contribution in [-0.2, 0) is 12.4 Å². The highest BCUT2D eigenvalue weighted by Gasteiger charge is 2.55. The number of urea groups is 1. The van der Waals surface area contributed by atoms with Crippen LogP contribution in [0.2, 0.25) is 0 Å². The van der Waals surface area contributed by atoms with Crippen LogP contribution in [0.1, 0.15) is 35.6 Å². The highest BCUT2D eigenvalue weighted by molar-refractivity contribution is 5.77. The molecule has 1 aromatic heterocycles. The van der Waals surface area contributed by atoms with Crippen LogP contribution in [0.4, 0.5) is 36.8 Å². The van der Waals surface area contributed by atoms with Gasteiger partial charge in [-0.2, -0.15) is 26.3 Å². The second-order valence-electron chi connectivity index (χ2n) is 10.3. The fraction of sp³-hybridized carbons (Fsp3) is 0.520. The zero-order valence-electron chi connectivity index (χ0n) is 20.2. The molecular weight excluding hydrogens is 502 g/mol. The Morgan fingerprint density at radius 2 is 1.70 bits per heavy atom. The van der Waals surface area contributed by atoms with Gasteiger partial charge in [-0.3, -0.25) is 4.98 Å². The molecule has 2 amide bonds. The number of likely N-dealkylation sites (N-methyl/N-ethyl adjacent to an activating group) is 1. The van der Waals surface area contributed by atoms with Gasteiger partial charge in [0.15, 0.2) is 0 Å². The first-order valence-corrected chi connectivity index (χ1v) is 11.8. The largest absolute Gasteiger partial charge is 0.495 e. The molecular formula is C25H26F6N4O2. The molecule has 3 heterocycles. The normalized spacial score (nSPS) is 19.8. The lowest BCUT2D eigenvalue weighted by Gasteiger charge is -2.60. The summed E-state index contributed by atoms with van der Waals surface area (Å²) in [5, 5.41) is 0. The molecule has 2 saturated heterocycles. The summed E-state index contributed by atoms with van der Waals surface area (Å²) >= 11 is 0. The molecule has 0 N–H and O–H groups in total. The van der Waals surface area contributed by atoms with Crippen molar-refractivity contribution in [3.63, 3.8) is 0 Å². The Kier molecular flexibility index (Phi) is 5.99. The van der Waals surface area contributed by atoms with Gasteiger partial charge < -0.3 is 19.4 Å². The van der Waals surface area contributed by atoms with E-state index in [2.05, 4.69) is 4.98 Å². The summed E-state index contributed by atoms with van der Waals surface area (Å²) in [7, 11) is 3.09. The number of rotatable bonds is 4. The topological polar surface area (TPSA) is 48.9 Å². The lowest BCUT2D eigenvalue weighted by Crippen LogP contribution is -2.69. The molecule has 1 aliphatic carbocycles. The summed E-state index contributed by atoms with van der Waals surface area (Å²) in [5.41, 5.74) is -0.366. The highest BCUT2D eigenvalue weighted by atomic mass is 19.4. The summed E-state index contributed by atoms with van der Waals surface area (Å²) in [6.45, 7) is 2.12. The quantitative estimate of drug-likeness (QED) is 0.509. The number of carbonyl (C=O) groups is 1. The predicted molar refractivity (Wildman–Crippen MR) is 122 cm³/mol. The minimum atomic E-state index is -4.46. The lowest BCUT2D eigenvalue weighted by atomic mass is 9.56. The lowest BCUT2D eigenvalue weighted by molar-refractivity contribution is -0.141. The SMILES string of the molecule is COc1cc(C(F)(F)F)ccc1N(C)C1CN(C(=O)N2CC3(CC(c4ccc(C(F)(F)F)nc4)C3)C2)C1. The number of anilines is 1. The second kappa shape index (κ2) is 8.70. The van der Waals surface area contributed by atoms with E-state index in [1.165, 1.54) is 25.4 Å². The van der Waals surface area contributed by atoms with E-state index in [1.54, 1.807) is 16.8 Å². The number of aromatic nitrogens is 1. The van der Waals surface area contributed by atoms with E-state index >= 15 is 0 Å². The van der Waals surface area contributed by atoms with Crippen LogP contribution < -0.4 is 9.64 Å². The van der Waals surface area contributed by atoms with Crippen LogP contribution in [0.25, 0.3) is 0 Å². The molecule has 2 aromatic rings. The molecule has 5 rings (SSSR count). The standard InChI is InChI=1S/C25H26F6N4O2/c1-33(19-5-4-17(24(26,27)28)7-20(19)37-2)18-11-34(12-18)22(36)35-13-23(14-35)8-16(9-23)15-3-6-21(32-10-15)25(29,30)31/h3-7,10,16,18H,8-9,11-14H2,1-2H3. The van der Waals surface area contributed by atoms with Crippen molar-refractivity contribution < 1.29 is 35.9 Å². The van der Waals surface area contributed by atoms with Gasteiger partial charge in [0.25, 0.3) is 0 Å². The van der Waals surface area contributed by atoms with Crippen molar-refractivity contribution in [2.45, 2.75) is 37.2 Å². The van der Waals surface area contributed by atoms with Gasteiger partial charge in [-0.1, -0.05) is 6.07 Å². The Hall–Kier alpha value is -3.18. The number of ether oxygens (including phenoxy) is 1. The maximum atomic E-state index is 13.0. The molecule has 37 heavy (non-hydrogen) atoms. The molecule has 0 bridgehead atoms. The summed E-state index contributed by atoms with van der Waals surface area (Å²) in [6, 6.07) is 5.73. The summed E-state index contributed by atoms with van der Waals surface area (Å²) < 4.78 is 82.4.